The normalized spacial score (nSPS) is 15.7. The molecule has 7 nitrogen and oxygen atoms in total. The van der Waals surface area contributed by atoms with Crippen LogP contribution in [-0.2, 0) is 9.53 Å². The number of hydrogen-bond donors (Lipinski definition) is 2. The van der Waals surface area contributed by atoms with Crippen LogP contribution in [0.15, 0.2) is 18.2 Å². The molecule has 1 heterocycles. The molecule has 0 saturated carbocycles. The molecule has 0 spiro atoms. The predicted octanol–water partition coefficient (Wildman–Crippen LogP) is 3.71. The largest absolute Gasteiger partial charge is 0.379 e. The molecule has 1 aliphatic heterocycles. The third-order valence-electron chi connectivity index (χ3n) is 5.03. The quantitative estimate of drug-likeness (QED) is 0.591. The molecule has 0 aromatic heterocycles. The van der Waals surface area contributed by atoms with Crippen molar-refractivity contribution >= 4 is 40.8 Å². The first-order chi connectivity index (χ1) is 14.3. The average Bonchev–Trinajstić information content (AvgIpc) is 2.72. The molecule has 0 aliphatic carbocycles. The number of likely N-dealkylation sites (N-methyl/N-ethyl adjacent to an activating group) is 1. The third-order valence-corrected chi connectivity index (χ3v) is 5.65. The molecule has 0 bridgehead atoms. The maximum Gasteiger partial charge on any atom is 0.317 e. The van der Waals surface area contributed by atoms with E-state index < -0.39 is 0 Å². The number of nitrogens with one attached hydrogen (secondary N) is 2. The lowest BCUT2D eigenvalue weighted by molar-refractivity contribution is -0.116. The van der Waals surface area contributed by atoms with Crippen LogP contribution < -0.4 is 10.6 Å². The lowest BCUT2D eigenvalue weighted by atomic mass is 10.0. The summed E-state index contributed by atoms with van der Waals surface area (Å²) in [4.78, 5) is 29.0. The molecule has 1 atom stereocenters. The fourth-order valence-corrected chi connectivity index (χ4v) is 3.95. The van der Waals surface area contributed by atoms with Crippen molar-refractivity contribution in [2.24, 2.45) is 5.92 Å². The zero-order valence-corrected chi connectivity index (χ0v) is 19.4. The number of anilines is 1. The Labute approximate surface area is 189 Å². The molecular formula is C21H32Cl2N4O3. The number of ether oxygens (including phenoxy) is 1. The van der Waals surface area contributed by atoms with E-state index in [0.29, 0.717) is 48.0 Å². The van der Waals surface area contributed by atoms with Crippen molar-refractivity contribution < 1.29 is 14.3 Å². The first-order valence-electron chi connectivity index (χ1n) is 10.4. The lowest BCUT2D eigenvalue weighted by Crippen LogP contribution is -2.52. The molecule has 1 aliphatic rings. The van der Waals surface area contributed by atoms with Crippen molar-refractivity contribution in [1.29, 1.82) is 0 Å². The summed E-state index contributed by atoms with van der Waals surface area (Å²) in [6.45, 7) is 10.2. The van der Waals surface area contributed by atoms with Gasteiger partial charge in [-0.25, -0.2) is 4.79 Å². The minimum atomic E-state index is -0.353. The van der Waals surface area contributed by atoms with Crippen molar-refractivity contribution in [2.45, 2.75) is 33.2 Å². The highest BCUT2D eigenvalue weighted by Crippen LogP contribution is 2.29. The highest BCUT2D eigenvalue weighted by atomic mass is 35.5. The highest BCUT2D eigenvalue weighted by Gasteiger charge is 2.24. The van der Waals surface area contributed by atoms with E-state index >= 15 is 0 Å². The maximum absolute atomic E-state index is 12.7. The fourth-order valence-electron chi connectivity index (χ4n) is 3.46. The molecule has 1 saturated heterocycles. The van der Waals surface area contributed by atoms with E-state index in [-0.39, 0.29) is 24.5 Å². The van der Waals surface area contributed by atoms with Crippen molar-refractivity contribution in [3.05, 3.63) is 28.2 Å². The number of benzene rings is 1. The Morgan fingerprint density at radius 2 is 1.83 bits per heavy atom. The van der Waals surface area contributed by atoms with Gasteiger partial charge in [0.15, 0.2) is 0 Å². The van der Waals surface area contributed by atoms with Gasteiger partial charge in [0, 0.05) is 32.2 Å². The molecule has 0 radical (unpaired) electrons. The van der Waals surface area contributed by atoms with Gasteiger partial charge < -0.3 is 20.3 Å². The second-order valence-electron chi connectivity index (χ2n) is 7.78. The van der Waals surface area contributed by atoms with Crippen molar-refractivity contribution in [3.8, 4) is 0 Å². The van der Waals surface area contributed by atoms with Crippen LogP contribution in [0, 0.1) is 5.92 Å². The molecule has 1 fully saturated rings. The number of carbonyl (C=O) groups is 2. The monoisotopic (exact) mass is 458 g/mol. The number of amides is 3. The standard InChI is InChI=1S/C21H32Cl2N4O3/c1-4-26(14-19(28)25-20-17(22)6-5-7-18(20)23)21(29)24-13-16(12-15(2)3)27-8-10-30-11-9-27/h5-7,15-16H,4,8-14H2,1-3H3,(H,24,29)(H,25,28). The Kier molecular flexibility index (Phi) is 10.2. The molecule has 1 aromatic carbocycles. The van der Waals surface area contributed by atoms with Crippen molar-refractivity contribution in [1.82, 2.24) is 15.1 Å². The van der Waals surface area contributed by atoms with Gasteiger partial charge in [0.2, 0.25) is 5.91 Å². The van der Waals surface area contributed by atoms with Gasteiger partial charge in [-0.2, -0.15) is 0 Å². The van der Waals surface area contributed by atoms with E-state index in [1.807, 2.05) is 6.92 Å². The molecule has 2 rings (SSSR count). The van der Waals surface area contributed by atoms with E-state index in [0.717, 1.165) is 19.5 Å². The van der Waals surface area contributed by atoms with Crippen LogP contribution in [0.1, 0.15) is 27.2 Å². The number of halogens is 2. The molecule has 9 heteroatoms. The zero-order valence-electron chi connectivity index (χ0n) is 17.9. The number of rotatable bonds is 9. The molecule has 30 heavy (non-hydrogen) atoms. The zero-order chi connectivity index (χ0) is 22.1. The predicted molar refractivity (Wildman–Crippen MR) is 121 cm³/mol. The second kappa shape index (κ2) is 12.3. The Hall–Kier alpha value is -1.54. The van der Waals surface area contributed by atoms with Crippen LogP contribution in [0.2, 0.25) is 10.0 Å². The van der Waals surface area contributed by atoms with Gasteiger partial charge in [0.25, 0.3) is 0 Å². The first kappa shape index (κ1) is 24.7. The van der Waals surface area contributed by atoms with Crippen LogP contribution >= 0.6 is 23.2 Å². The number of morpholine rings is 1. The van der Waals surface area contributed by atoms with Gasteiger partial charge in [-0.05, 0) is 31.4 Å². The van der Waals surface area contributed by atoms with Gasteiger partial charge in [-0.15, -0.1) is 0 Å². The first-order valence-corrected chi connectivity index (χ1v) is 11.2. The fraction of sp³-hybridized carbons (Fsp3) is 0.619. The summed E-state index contributed by atoms with van der Waals surface area (Å²) in [5, 5.41) is 6.40. The Bertz CT molecular complexity index is 691. The van der Waals surface area contributed by atoms with E-state index in [1.54, 1.807) is 18.2 Å². The Balaban J connectivity index is 1.91. The molecular weight excluding hydrogens is 427 g/mol. The topological polar surface area (TPSA) is 73.9 Å². The van der Waals surface area contributed by atoms with E-state index in [4.69, 9.17) is 27.9 Å². The second-order valence-corrected chi connectivity index (χ2v) is 8.59. The lowest BCUT2D eigenvalue weighted by Gasteiger charge is -2.36. The summed E-state index contributed by atoms with van der Waals surface area (Å²) in [5.41, 5.74) is 0.353. The maximum atomic E-state index is 12.7. The van der Waals surface area contributed by atoms with Crippen LogP contribution in [0.25, 0.3) is 0 Å². The summed E-state index contributed by atoms with van der Waals surface area (Å²) in [7, 11) is 0. The van der Waals surface area contributed by atoms with Gasteiger partial charge in [-0.3, -0.25) is 9.69 Å². The van der Waals surface area contributed by atoms with Crippen LogP contribution in [0.5, 0.6) is 0 Å². The Morgan fingerprint density at radius 1 is 1.20 bits per heavy atom. The number of para-hydroxylation sites is 1. The number of carbonyl (C=O) groups excluding carboxylic acids is 2. The molecule has 1 unspecified atom stereocenters. The van der Waals surface area contributed by atoms with Gasteiger partial charge in [0.1, 0.15) is 6.54 Å². The SMILES string of the molecule is CCN(CC(=O)Nc1c(Cl)cccc1Cl)C(=O)NCC(CC(C)C)N1CCOCC1. The minimum absolute atomic E-state index is 0.0870. The molecule has 2 N–H and O–H groups in total. The van der Waals surface area contributed by atoms with Crippen LogP contribution in [0.4, 0.5) is 10.5 Å². The van der Waals surface area contributed by atoms with E-state index in [9.17, 15) is 9.59 Å². The van der Waals surface area contributed by atoms with E-state index in [2.05, 4.69) is 29.4 Å². The van der Waals surface area contributed by atoms with Crippen LogP contribution in [0.3, 0.4) is 0 Å². The Morgan fingerprint density at radius 3 is 2.40 bits per heavy atom. The number of urea groups is 1. The summed E-state index contributed by atoms with van der Waals surface area (Å²) in [6.07, 6.45) is 0.984. The highest BCUT2D eigenvalue weighted by molar-refractivity contribution is 6.39. The number of hydrogen-bond acceptors (Lipinski definition) is 4. The summed E-state index contributed by atoms with van der Waals surface area (Å²) >= 11 is 12.2. The summed E-state index contributed by atoms with van der Waals surface area (Å²) in [5.74, 6) is 0.164. The van der Waals surface area contributed by atoms with Crippen molar-refractivity contribution in [2.75, 3.05) is 51.3 Å². The van der Waals surface area contributed by atoms with Gasteiger partial charge in [0.05, 0.1) is 28.9 Å². The third kappa shape index (κ3) is 7.61. The minimum Gasteiger partial charge on any atom is -0.379 e. The molecule has 3 amide bonds. The molecule has 168 valence electrons. The molecule has 1 aromatic rings. The van der Waals surface area contributed by atoms with Crippen molar-refractivity contribution in [3.63, 3.8) is 0 Å². The van der Waals surface area contributed by atoms with E-state index in [1.165, 1.54) is 4.90 Å². The average molecular weight is 459 g/mol. The summed E-state index contributed by atoms with van der Waals surface area (Å²) in [6, 6.07) is 4.97. The van der Waals surface area contributed by atoms with Gasteiger partial charge >= 0.3 is 6.03 Å². The smallest absolute Gasteiger partial charge is 0.317 e. The van der Waals surface area contributed by atoms with Crippen LogP contribution in [-0.4, -0.2) is 73.7 Å². The summed E-state index contributed by atoms with van der Waals surface area (Å²) < 4.78 is 5.44. The van der Waals surface area contributed by atoms with Gasteiger partial charge in [-0.1, -0.05) is 43.1 Å². The number of nitrogens with zero attached hydrogens (tertiary/aromatic N) is 2.